The van der Waals surface area contributed by atoms with Gasteiger partial charge >= 0.3 is 0 Å². The zero-order valence-electron chi connectivity index (χ0n) is 10.4. The number of rotatable bonds is 2. The molecule has 88 valence electrons. The number of aryl methyl sites for hydroxylation is 1. The van der Waals surface area contributed by atoms with E-state index in [9.17, 15) is 0 Å². The predicted octanol–water partition coefficient (Wildman–Crippen LogP) is 3.59. The van der Waals surface area contributed by atoms with Crippen LogP contribution in [-0.2, 0) is 13.5 Å². The number of nitrogens with zero attached hydrogens (tertiary/aromatic N) is 2. The molecule has 0 N–H and O–H groups in total. The van der Waals surface area contributed by atoms with Crippen molar-refractivity contribution >= 4 is 21.6 Å². The molecule has 1 aromatic heterocycles. The van der Waals surface area contributed by atoms with E-state index in [1.807, 2.05) is 0 Å². The Kier molecular flexibility index (Phi) is 2.99. The summed E-state index contributed by atoms with van der Waals surface area (Å²) >= 11 is 3.52. The summed E-state index contributed by atoms with van der Waals surface area (Å²) in [5, 5.41) is 0. The highest BCUT2D eigenvalue weighted by molar-refractivity contribution is 9.10. The van der Waals surface area contributed by atoms with Crippen LogP contribution in [0.5, 0.6) is 0 Å². The molecule has 0 aromatic carbocycles. The minimum absolute atomic E-state index is 0.306. The van der Waals surface area contributed by atoms with Crippen molar-refractivity contribution in [3.8, 4) is 0 Å². The standard InChI is InChI=1S/C13H19BrN2/c1-9-7-13(2,3)12(15-9)6-11-5-10(14)8-16(11)4/h5,8,12H,6-7H2,1-4H3. The minimum atomic E-state index is 0.306. The molecule has 2 rings (SSSR count). The molecular formula is C13H19BrN2. The summed E-state index contributed by atoms with van der Waals surface area (Å²) in [6, 6.07) is 2.62. The van der Waals surface area contributed by atoms with Gasteiger partial charge < -0.3 is 4.57 Å². The van der Waals surface area contributed by atoms with E-state index in [1.165, 1.54) is 11.4 Å². The maximum atomic E-state index is 4.77. The molecular weight excluding hydrogens is 264 g/mol. The average molecular weight is 283 g/mol. The summed E-state index contributed by atoms with van der Waals surface area (Å²) in [5.74, 6) is 0. The molecule has 1 aliphatic rings. The van der Waals surface area contributed by atoms with Crippen LogP contribution in [0.1, 0.15) is 32.9 Å². The molecule has 0 radical (unpaired) electrons. The molecule has 0 fully saturated rings. The maximum absolute atomic E-state index is 4.77. The third kappa shape index (κ3) is 2.24. The fourth-order valence-electron chi connectivity index (χ4n) is 2.55. The topological polar surface area (TPSA) is 17.3 Å². The first-order chi connectivity index (χ1) is 7.38. The zero-order chi connectivity index (χ0) is 11.9. The first kappa shape index (κ1) is 11.9. The monoisotopic (exact) mass is 282 g/mol. The van der Waals surface area contributed by atoms with Crippen molar-refractivity contribution in [2.45, 2.75) is 39.7 Å². The molecule has 0 bridgehead atoms. The van der Waals surface area contributed by atoms with Gasteiger partial charge in [-0.05, 0) is 40.8 Å². The minimum Gasteiger partial charge on any atom is -0.353 e. The van der Waals surface area contributed by atoms with Gasteiger partial charge in [-0.1, -0.05) is 13.8 Å². The van der Waals surface area contributed by atoms with Crippen molar-refractivity contribution in [2.75, 3.05) is 0 Å². The Morgan fingerprint density at radius 2 is 2.25 bits per heavy atom. The molecule has 0 spiro atoms. The molecule has 16 heavy (non-hydrogen) atoms. The number of hydrogen-bond donors (Lipinski definition) is 0. The van der Waals surface area contributed by atoms with Crippen molar-refractivity contribution in [1.29, 1.82) is 0 Å². The van der Waals surface area contributed by atoms with Crippen LogP contribution < -0.4 is 0 Å². The van der Waals surface area contributed by atoms with Crippen molar-refractivity contribution < 1.29 is 0 Å². The second-order valence-electron chi connectivity index (χ2n) is 5.51. The van der Waals surface area contributed by atoms with Crippen molar-refractivity contribution in [3.05, 3.63) is 22.4 Å². The van der Waals surface area contributed by atoms with E-state index in [1.54, 1.807) is 0 Å². The van der Waals surface area contributed by atoms with Crippen LogP contribution >= 0.6 is 15.9 Å². The lowest BCUT2D eigenvalue weighted by Crippen LogP contribution is -2.26. The molecule has 3 heteroatoms. The normalized spacial score (nSPS) is 23.6. The lowest BCUT2D eigenvalue weighted by Gasteiger charge is -2.25. The fraction of sp³-hybridized carbons (Fsp3) is 0.615. The van der Waals surface area contributed by atoms with E-state index in [4.69, 9.17) is 4.99 Å². The number of hydrogen-bond acceptors (Lipinski definition) is 1. The molecule has 1 aliphatic heterocycles. The van der Waals surface area contributed by atoms with E-state index in [2.05, 4.69) is 60.6 Å². The second kappa shape index (κ2) is 4.02. The van der Waals surface area contributed by atoms with Gasteiger partial charge in [0.05, 0.1) is 6.04 Å². The SMILES string of the molecule is CC1=NC(Cc2cc(Br)cn2C)C(C)(C)C1. The summed E-state index contributed by atoms with van der Waals surface area (Å²) < 4.78 is 3.34. The highest BCUT2D eigenvalue weighted by Crippen LogP contribution is 2.36. The third-order valence-corrected chi connectivity index (χ3v) is 3.90. The van der Waals surface area contributed by atoms with Crippen molar-refractivity contribution in [3.63, 3.8) is 0 Å². The molecule has 1 aromatic rings. The van der Waals surface area contributed by atoms with Crippen LogP contribution in [0.4, 0.5) is 0 Å². The zero-order valence-corrected chi connectivity index (χ0v) is 12.0. The third-order valence-electron chi connectivity index (χ3n) is 3.47. The van der Waals surface area contributed by atoms with Crippen LogP contribution in [0.3, 0.4) is 0 Å². The van der Waals surface area contributed by atoms with Crippen LogP contribution in [-0.4, -0.2) is 16.3 Å². The molecule has 0 aliphatic carbocycles. The molecule has 1 atom stereocenters. The van der Waals surface area contributed by atoms with Crippen molar-refractivity contribution in [2.24, 2.45) is 17.5 Å². The first-order valence-electron chi connectivity index (χ1n) is 5.72. The largest absolute Gasteiger partial charge is 0.353 e. The highest BCUT2D eigenvalue weighted by Gasteiger charge is 2.35. The van der Waals surface area contributed by atoms with Crippen LogP contribution in [0.15, 0.2) is 21.7 Å². The van der Waals surface area contributed by atoms with Crippen molar-refractivity contribution in [1.82, 2.24) is 4.57 Å². The van der Waals surface area contributed by atoms with E-state index in [0.29, 0.717) is 11.5 Å². The van der Waals surface area contributed by atoms with Crippen LogP contribution in [0.2, 0.25) is 0 Å². The Labute approximate surface area is 106 Å². The molecule has 2 heterocycles. The Bertz CT molecular complexity index is 429. The average Bonchev–Trinajstić information content (AvgIpc) is 2.54. The van der Waals surface area contributed by atoms with Gasteiger partial charge in [0.25, 0.3) is 0 Å². The molecule has 1 unspecified atom stereocenters. The predicted molar refractivity (Wildman–Crippen MR) is 72.1 cm³/mol. The molecule has 0 saturated carbocycles. The van der Waals surface area contributed by atoms with E-state index < -0.39 is 0 Å². The summed E-state index contributed by atoms with van der Waals surface area (Å²) in [6.07, 6.45) is 4.27. The summed E-state index contributed by atoms with van der Waals surface area (Å²) in [5.41, 5.74) is 2.95. The lowest BCUT2D eigenvalue weighted by atomic mass is 9.81. The summed E-state index contributed by atoms with van der Waals surface area (Å²) in [7, 11) is 2.10. The van der Waals surface area contributed by atoms with Gasteiger partial charge in [0, 0.05) is 35.5 Å². The first-order valence-corrected chi connectivity index (χ1v) is 6.52. The Hall–Kier alpha value is -0.570. The number of halogens is 1. The maximum Gasteiger partial charge on any atom is 0.0607 e. The van der Waals surface area contributed by atoms with Crippen LogP contribution in [0, 0.1) is 5.41 Å². The summed E-state index contributed by atoms with van der Waals surface area (Å²) in [4.78, 5) is 4.77. The van der Waals surface area contributed by atoms with Gasteiger partial charge in [-0.25, -0.2) is 0 Å². The highest BCUT2D eigenvalue weighted by atomic mass is 79.9. The van der Waals surface area contributed by atoms with E-state index in [-0.39, 0.29) is 0 Å². The Morgan fingerprint density at radius 1 is 1.56 bits per heavy atom. The lowest BCUT2D eigenvalue weighted by molar-refractivity contribution is 0.319. The fourth-order valence-corrected chi connectivity index (χ4v) is 3.12. The van der Waals surface area contributed by atoms with E-state index in [0.717, 1.165) is 17.3 Å². The number of aliphatic imine (C=N–C) groups is 1. The number of aromatic nitrogens is 1. The summed E-state index contributed by atoms with van der Waals surface area (Å²) in [6.45, 7) is 6.77. The van der Waals surface area contributed by atoms with Gasteiger partial charge in [-0.3, -0.25) is 4.99 Å². The Morgan fingerprint density at radius 3 is 2.69 bits per heavy atom. The van der Waals surface area contributed by atoms with Gasteiger partial charge in [0.2, 0.25) is 0 Å². The molecule has 0 amide bonds. The Balaban J connectivity index is 2.19. The smallest absolute Gasteiger partial charge is 0.0607 e. The van der Waals surface area contributed by atoms with Gasteiger partial charge in [0.1, 0.15) is 0 Å². The van der Waals surface area contributed by atoms with Gasteiger partial charge in [-0.15, -0.1) is 0 Å². The van der Waals surface area contributed by atoms with E-state index >= 15 is 0 Å². The quantitative estimate of drug-likeness (QED) is 0.789. The molecule has 2 nitrogen and oxygen atoms in total. The second-order valence-corrected chi connectivity index (χ2v) is 6.43. The molecule has 0 saturated heterocycles. The van der Waals surface area contributed by atoms with Crippen LogP contribution in [0.25, 0.3) is 0 Å². The van der Waals surface area contributed by atoms with Gasteiger partial charge in [-0.2, -0.15) is 0 Å². The van der Waals surface area contributed by atoms with Gasteiger partial charge in [0.15, 0.2) is 0 Å².